The highest BCUT2D eigenvalue weighted by atomic mass is 35.5. The van der Waals surface area contributed by atoms with Crippen molar-refractivity contribution in [2.24, 2.45) is 47.3 Å². The van der Waals surface area contributed by atoms with Crippen molar-refractivity contribution < 1.29 is 70.7 Å². The first kappa shape index (κ1) is 88.9. The second-order valence-electron chi connectivity index (χ2n) is 33.9. The summed E-state index contributed by atoms with van der Waals surface area (Å²) in [5.41, 5.74) is -1.61. The molecule has 0 bridgehead atoms. The van der Waals surface area contributed by atoms with Crippen molar-refractivity contribution in [1.29, 1.82) is 0 Å². The third-order valence-electron chi connectivity index (χ3n) is 25.8. The van der Waals surface area contributed by atoms with Crippen LogP contribution in [0.4, 0.5) is 13.2 Å². The van der Waals surface area contributed by atoms with Gasteiger partial charge in [-0.1, -0.05) is 99.8 Å². The van der Waals surface area contributed by atoms with Crippen LogP contribution in [0, 0.1) is 47.3 Å². The van der Waals surface area contributed by atoms with E-state index in [1.165, 1.54) is 95.5 Å². The Morgan fingerprint density at radius 1 is 0.574 bits per heavy atom. The third-order valence-corrected chi connectivity index (χ3v) is 26.3. The molecule has 0 radical (unpaired) electrons. The van der Waals surface area contributed by atoms with Crippen molar-refractivity contribution in [3.8, 4) is 0 Å². The Morgan fingerprint density at radius 3 is 1.75 bits per heavy atom. The molecule has 7 fully saturated rings. The summed E-state index contributed by atoms with van der Waals surface area (Å²) in [6, 6.07) is -11.0. The second kappa shape index (κ2) is 39.7. The number of alkyl halides is 4. The lowest BCUT2D eigenvalue weighted by Crippen LogP contribution is -2.65. The normalized spacial score (nSPS) is 31.6. The van der Waals surface area contributed by atoms with Crippen LogP contribution in [0.5, 0.6) is 0 Å². The van der Waals surface area contributed by atoms with Gasteiger partial charge in [-0.3, -0.25) is 57.5 Å². The number of nitrogens with one attached hydrogen (secondary N) is 4. The highest BCUT2D eigenvalue weighted by Crippen LogP contribution is 2.44. The first-order valence-corrected chi connectivity index (χ1v) is 41.1. The van der Waals surface area contributed by atoms with Gasteiger partial charge in [0.1, 0.15) is 59.9 Å². The smallest absolute Gasteiger partial charge is 0.343 e. The van der Waals surface area contributed by atoms with Crippen molar-refractivity contribution in [1.82, 2.24) is 65.4 Å². The molecule has 4 aliphatic heterocycles. The Kier molecular flexibility index (Phi) is 32.7. The van der Waals surface area contributed by atoms with Crippen molar-refractivity contribution >= 4 is 82.5 Å². The molecule has 0 aromatic heterocycles. The predicted octanol–water partition coefficient (Wildman–Crippen LogP) is 7.34. The number of halogens is 4. The predicted molar refractivity (Wildman–Crippen MR) is 406 cm³/mol. The number of nitrogens with zero attached hydrogens (tertiary/aromatic N) is 9. The van der Waals surface area contributed by atoms with Crippen molar-refractivity contribution in [3.05, 3.63) is 0 Å². The largest absolute Gasteiger partial charge is 0.393 e. The molecule has 612 valence electrons. The Labute approximate surface area is 645 Å². The minimum atomic E-state index is -4.52. The number of carbonyl (C=O) groups excluding carboxylic acids is 12. The van der Waals surface area contributed by atoms with E-state index < -0.39 is 173 Å². The standard InChI is InChI=1S/C79H131ClF3N13O12/c1-16-50(6)66-75(106)89(10)52(8)70(101)96-42-35-60(96)73(104)92(13)62(45-55-25-23-49(5)24-26-55)72(103)88(9)47-64(97)85-58(31-28-54-27-30-56(57(80)44-54)79(81,82)83)71(102)91(12)59(32-29-53-33-38-84-39-34-53)69(100)87-78(36-19-20-37-78)77(108)94(15)67(51(7)17-2)76(107)93(14)63(74(105)95-40-21-18-22-41-95)46-65(98)90(11)61(43-48(3)4)68(99)86-66/h48-63,66-67,84H,16-47H2,1-15H3,(H,85,97)(H,86,99)(H,87,100)/t49?,50-,51-,52-,54?,55?,56?,57?,58-,59-,60-,61-,62-,63-,66-,67-/m0/s1. The number of piperidine rings is 2. The van der Waals surface area contributed by atoms with Gasteiger partial charge in [0.25, 0.3) is 0 Å². The number of carbonyl (C=O) groups is 12. The SMILES string of the molecule is CC[C@H](C)[C@@H]1NC(=O)[C@H](CC(C)C)N(C)C(=O)C[C@@H](C(=O)N2CCCCC2)N(C)C(=O)[C@H]([C@@H](C)CC)N(C)C(=O)C2(CCCC2)NC(=O)[C@H](CCC2CCNCC2)N(C)C(=O)[C@H](CCC2CCC(C(F)(F)F)C(Cl)C2)NC(=O)CN(C)C(=O)[C@H](CC2CCC(C)CC2)N(C)C(=O)[C@@H]2CCN2C(=O)[C@H](C)N(C)C1=O. The van der Waals surface area contributed by atoms with Crippen LogP contribution < -0.4 is 21.3 Å². The van der Waals surface area contributed by atoms with E-state index in [1.54, 1.807) is 11.8 Å². The summed E-state index contributed by atoms with van der Waals surface area (Å²) in [6.07, 6.45) is 5.36. The third kappa shape index (κ3) is 22.1. The van der Waals surface area contributed by atoms with Gasteiger partial charge in [0.2, 0.25) is 70.9 Å². The molecule has 7 rings (SSSR count). The number of amides is 12. The van der Waals surface area contributed by atoms with Crippen molar-refractivity contribution in [3.63, 3.8) is 0 Å². The second-order valence-corrected chi connectivity index (χ2v) is 34.4. The summed E-state index contributed by atoms with van der Waals surface area (Å²) in [7, 11) is 10.2. The molecule has 3 unspecified atom stereocenters. The lowest BCUT2D eigenvalue weighted by Gasteiger charge is -2.45. The van der Waals surface area contributed by atoms with E-state index in [-0.39, 0.29) is 101 Å². The molecular formula is C79H131ClF3N13O12. The topological polar surface area (TPSA) is 282 Å². The molecule has 4 N–H and O–H groups in total. The van der Waals surface area contributed by atoms with E-state index >= 15 is 43.2 Å². The maximum atomic E-state index is 15.9. The minimum Gasteiger partial charge on any atom is -0.343 e. The fourth-order valence-electron chi connectivity index (χ4n) is 17.7. The summed E-state index contributed by atoms with van der Waals surface area (Å²) < 4.78 is 42.5. The Hall–Kier alpha value is -6.32. The Bertz CT molecular complexity index is 3120. The van der Waals surface area contributed by atoms with Crippen molar-refractivity contribution in [2.75, 3.05) is 88.6 Å². The monoisotopic (exact) mass is 1550 g/mol. The maximum absolute atomic E-state index is 15.9. The molecule has 4 heterocycles. The molecule has 25 nitrogen and oxygen atoms in total. The zero-order valence-corrected chi connectivity index (χ0v) is 68.2. The number of likely N-dealkylation sites (N-methyl/N-ethyl adjacent to an activating group) is 7. The van der Waals surface area contributed by atoms with Gasteiger partial charge in [-0.25, -0.2) is 0 Å². The molecule has 108 heavy (non-hydrogen) atoms. The molecule has 4 saturated heterocycles. The van der Waals surface area contributed by atoms with E-state index in [0.717, 1.165) is 58.0 Å². The van der Waals surface area contributed by atoms with Crippen LogP contribution in [-0.2, 0) is 57.5 Å². The van der Waals surface area contributed by atoms with Crippen LogP contribution in [0.3, 0.4) is 0 Å². The molecule has 3 aliphatic carbocycles. The van der Waals surface area contributed by atoms with E-state index in [9.17, 15) is 27.6 Å². The average Bonchev–Trinajstić information content (AvgIpc) is 1.28. The average molecular weight is 1550 g/mol. The summed E-state index contributed by atoms with van der Waals surface area (Å²) in [5.74, 6) is -10.2. The van der Waals surface area contributed by atoms with Gasteiger partial charge in [0.15, 0.2) is 0 Å². The van der Waals surface area contributed by atoms with Gasteiger partial charge in [-0.2, -0.15) is 13.2 Å². The molecule has 1 spiro atoms. The van der Waals surface area contributed by atoms with Gasteiger partial charge in [-0.05, 0) is 171 Å². The molecule has 3 saturated carbocycles. The summed E-state index contributed by atoms with van der Waals surface area (Å²) >= 11 is 6.48. The highest BCUT2D eigenvalue weighted by Gasteiger charge is 2.52. The fourth-order valence-corrected chi connectivity index (χ4v) is 18.2. The van der Waals surface area contributed by atoms with E-state index in [0.29, 0.717) is 64.0 Å². The number of hydrogen-bond donors (Lipinski definition) is 4. The molecule has 7 aliphatic rings. The van der Waals surface area contributed by atoms with Crippen LogP contribution in [-0.4, -0.2) is 275 Å². The summed E-state index contributed by atoms with van der Waals surface area (Å²) in [6.45, 7) is 16.5. The first-order valence-electron chi connectivity index (χ1n) is 40.6. The zero-order chi connectivity index (χ0) is 80.0. The van der Waals surface area contributed by atoms with Crippen LogP contribution in [0.15, 0.2) is 0 Å². The van der Waals surface area contributed by atoms with Crippen LogP contribution in [0.25, 0.3) is 0 Å². The number of rotatable bonds is 15. The van der Waals surface area contributed by atoms with E-state index in [1.807, 2.05) is 34.6 Å². The van der Waals surface area contributed by atoms with E-state index in [4.69, 9.17) is 11.6 Å². The van der Waals surface area contributed by atoms with Gasteiger partial charge >= 0.3 is 6.18 Å². The maximum Gasteiger partial charge on any atom is 0.393 e. The summed E-state index contributed by atoms with van der Waals surface area (Å²) in [5, 5.41) is 11.1. The van der Waals surface area contributed by atoms with Gasteiger partial charge < -0.3 is 65.4 Å². The molecular weight excluding hydrogens is 1420 g/mol. The van der Waals surface area contributed by atoms with Gasteiger partial charge in [-0.15, -0.1) is 11.6 Å². The molecule has 12 amide bonds. The lowest BCUT2D eigenvalue weighted by atomic mass is 9.78. The number of fused-ring (bicyclic) bond motifs is 1. The van der Waals surface area contributed by atoms with Crippen LogP contribution >= 0.6 is 11.6 Å². The minimum absolute atomic E-state index is 0.0110. The van der Waals surface area contributed by atoms with Crippen LogP contribution in [0.1, 0.15) is 222 Å². The van der Waals surface area contributed by atoms with Crippen LogP contribution in [0.2, 0.25) is 0 Å². The number of hydrogen-bond acceptors (Lipinski definition) is 13. The molecule has 0 aromatic rings. The summed E-state index contributed by atoms with van der Waals surface area (Å²) in [4.78, 5) is 195. The highest BCUT2D eigenvalue weighted by molar-refractivity contribution is 6.21. The molecule has 14 atom stereocenters. The Morgan fingerprint density at radius 2 is 1.18 bits per heavy atom. The quantitative estimate of drug-likeness (QED) is 0.117. The van der Waals surface area contributed by atoms with E-state index in [2.05, 4.69) is 28.2 Å². The fraction of sp³-hybridized carbons (Fsp3) is 0.848. The Balaban J connectivity index is 1.32. The molecule has 0 aromatic carbocycles. The van der Waals surface area contributed by atoms with Gasteiger partial charge in [0.05, 0.1) is 18.9 Å². The first-order chi connectivity index (χ1) is 50.9. The van der Waals surface area contributed by atoms with Crippen molar-refractivity contribution in [2.45, 2.75) is 294 Å². The van der Waals surface area contributed by atoms with Gasteiger partial charge in [0, 0.05) is 74.3 Å². The number of likely N-dealkylation sites (tertiary alicyclic amines) is 1. The molecule has 29 heteroatoms. The lowest BCUT2D eigenvalue weighted by molar-refractivity contribution is -0.182. The zero-order valence-electron chi connectivity index (χ0n) is 67.5.